The minimum atomic E-state index is 0.110. The Morgan fingerprint density at radius 2 is 2.13 bits per heavy atom. The van der Waals surface area contributed by atoms with E-state index in [0.717, 1.165) is 17.9 Å². The summed E-state index contributed by atoms with van der Waals surface area (Å²) in [6.45, 7) is 9.89. The highest BCUT2D eigenvalue weighted by molar-refractivity contribution is 5.29. The van der Waals surface area contributed by atoms with Crippen LogP contribution in [0.15, 0.2) is 18.5 Å². The standard InChI is InChI=1S/C12H20N2O/c1-5-15-11-6-7-13-8-10(11)9-14-12(2,3)4/h6-8,14H,5,9H2,1-4H3. The summed E-state index contributed by atoms with van der Waals surface area (Å²) in [4.78, 5) is 4.11. The van der Waals surface area contributed by atoms with Crippen molar-refractivity contribution in [2.45, 2.75) is 39.8 Å². The average molecular weight is 208 g/mol. The molecular formula is C12H20N2O. The molecule has 0 saturated carbocycles. The summed E-state index contributed by atoms with van der Waals surface area (Å²) in [6, 6.07) is 1.91. The summed E-state index contributed by atoms with van der Waals surface area (Å²) >= 11 is 0. The lowest BCUT2D eigenvalue weighted by Crippen LogP contribution is -2.35. The SMILES string of the molecule is CCOc1ccncc1CNC(C)(C)C. The highest BCUT2D eigenvalue weighted by Gasteiger charge is 2.10. The van der Waals surface area contributed by atoms with Crippen molar-refractivity contribution in [1.82, 2.24) is 10.3 Å². The number of ether oxygens (including phenoxy) is 1. The number of rotatable bonds is 4. The molecule has 0 spiro atoms. The molecular weight excluding hydrogens is 188 g/mol. The molecule has 0 saturated heterocycles. The molecule has 0 aliphatic heterocycles. The van der Waals surface area contributed by atoms with Crippen molar-refractivity contribution in [3.05, 3.63) is 24.0 Å². The first kappa shape index (κ1) is 12.0. The van der Waals surface area contributed by atoms with Gasteiger partial charge in [-0.1, -0.05) is 0 Å². The molecule has 1 aromatic heterocycles. The van der Waals surface area contributed by atoms with Crippen molar-refractivity contribution in [1.29, 1.82) is 0 Å². The van der Waals surface area contributed by atoms with Crippen LogP contribution in [0.3, 0.4) is 0 Å². The molecule has 84 valence electrons. The van der Waals surface area contributed by atoms with Crippen LogP contribution >= 0.6 is 0 Å². The number of nitrogens with zero attached hydrogens (tertiary/aromatic N) is 1. The van der Waals surface area contributed by atoms with E-state index in [9.17, 15) is 0 Å². The van der Waals surface area contributed by atoms with Crippen LogP contribution < -0.4 is 10.1 Å². The van der Waals surface area contributed by atoms with Gasteiger partial charge in [0.05, 0.1) is 6.61 Å². The third kappa shape index (κ3) is 4.30. The third-order valence-corrected chi connectivity index (χ3v) is 1.97. The summed E-state index contributed by atoms with van der Waals surface area (Å²) in [5.41, 5.74) is 1.22. The molecule has 0 bridgehead atoms. The zero-order chi connectivity index (χ0) is 11.3. The number of pyridine rings is 1. The maximum atomic E-state index is 5.52. The Hall–Kier alpha value is -1.09. The van der Waals surface area contributed by atoms with Crippen LogP contribution in [-0.2, 0) is 6.54 Å². The van der Waals surface area contributed by atoms with E-state index in [4.69, 9.17) is 4.74 Å². The highest BCUT2D eigenvalue weighted by Crippen LogP contribution is 2.17. The monoisotopic (exact) mass is 208 g/mol. The second kappa shape index (κ2) is 5.12. The smallest absolute Gasteiger partial charge is 0.126 e. The van der Waals surface area contributed by atoms with E-state index < -0.39 is 0 Å². The molecule has 15 heavy (non-hydrogen) atoms. The predicted molar refractivity (Wildman–Crippen MR) is 62.0 cm³/mol. The number of aromatic nitrogens is 1. The Balaban J connectivity index is 2.67. The first-order valence-corrected chi connectivity index (χ1v) is 5.33. The molecule has 1 heterocycles. The quantitative estimate of drug-likeness (QED) is 0.824. The van der Waals surface area contributed by atoms with Crippen molar-refractivity contribution >= 4 is 0 Å². The molecule has 0 amide bonds. The van der Waals surface area contributed by atoms with Gasteiger partial charge in [-0.2, -0.15) is 0 Å². The van der Waals surface area contributed by atoms with Gasteiger partial charge in [0, 0.05) is 30.0 Å². The zero-order valence-corrected chi connectivity index (χ0v) is 10.0. The molecule has 1 aromatic rings. The van der Waals surface area contributed by atoms with Crippen molar-refractivity contribution in [2.75, 3.05) is 6.61 Å². The number of nitrogens with one attached hydrogen (secondary N) is 1. The van der Waals surface area contributed by atoms with Gasteiger partial charge in [-0.15, -0.1) is 0 Å². The second-order valence-electron chi connectivity index (χ2n) is 4.52. The van der Waals surface area contributed by atoms with Crippen molar-refractivity contribution in [3.63, 3.8) is 0 Å². The maximum absolute atomic E-state index is 5.52. The van der Waals surface area contributed by atoms with E-state index in [1.807, 2.05) is 19.2 Å². The fourth-order valence-corrected chi connectivity index (χ4v) is 1.20. The van der Waals surface area contributed by atoms with E-state index in [0.29, 0.717) is 6.61 Å². The van der Waals surface area contributed by atoms with Crippen LogP contribution in [0.2, 0.25) is 0 Å². The summed E-state index contributed by atoms with van der Waals surface area (Å²) in [5, 5.41) is 3.42. The summed E-state index contributed by atoms with van der Waals surface area (Å²) in [6.07, 6.45) is 3.61. The molecule has 0 aromatic carbocycles. The first-order valence-electron chi connectivity index (χ1n) is 5.33. The Morgan fingerprint density at radius 1 is 1.40 bits per heavy atom. The van der Waals surface area contributed by atoms with E-state index in [1.165, 1.54) is 0 Å². The van der Waals surface area contributed by atoms with Crippen molar-refractivity contribution in [3.8, 4) is 5.75 Å². The molecule has 0 fully saturated rings. The van der Waals surface area contributed by atoms with Crippen LogP contribution in [-0.4, -0.2) is 17.1 Å². The van der Waals surface area contributed by atoms with E-state index in [1.54, 1.807) is 6.20 Å². The van der Waals surface area contributed by atoms with Crippen LogP contribution in [0.4, 0.5) is 0 Å². The van der Waals surface area contributed by atoms with E-state index in [2.05, 4.69) is 31.1 Å². The third-order valence-electron chi connectivity index (χ3n) is 1.97. The van der Waals surface area contributed by atoms with Gasteiger partial charge in [-0.25, -0.2) is 0 Å². The molecule has 0 atom stereocenters. The largest absolute Gasteiger partial charge is 0.493 e. The zero-order valence-electron chi connectivity index (χ0n) is 10.0. The van der Waals surface area contributed by atoms with Crippen molar-refractivity contribution < 1.29 is 4.74 Å². The van der Waals surface area contributed by atoms with Gasteiger partial charge in [-0.05, 0) is 33.8 Å². The molecule has 0 aliphatic carbocycles. The predicted octanol–water partition coefficient (Wildman–Crippen LogP) is 2.37. The fraction of sp³-hybridized carbons (Fsp3) is 0.583. The lowest BCUT2D eigenvalue weighted by Gasteiger charge is -2.21. The molecule has 3 heteroatoms. The van der Waals surface area contributed by atoms with Gasteiger partial charge in [-0.3, -0.25) is 4.98 Å². The molecule has 0 unspecified atom stereocenters. The van der Waals surface area contributed by atoms with Crippen molar-refractivity contribution in [2.24, 2.45) is 0 Å². The van der Waals surface area contributed by atoms with Crippen LogP contribution in [0, 0.1) is 0 Å². The lowest BCUT2D eigenvalue weighted by molar-refractivity contribution is 0.331. The topological polar surface area (TPSA) is 34.1 Å². The molecule has 1 rings (SSSR count). The van der Waals surface area contributed by atoms with Gasteiger partial charge >= 0.3 is 0 Å². The van der Waals surface area contributed by atoms with Gasteiger partial charge < -0.3 is 10.1 Å². The Labute approximate surface area is 91.9 Å². The van der Waals surface area contributed by atoms with Crippen LogP contribution in [0.5, 0.6) is 5.75 Å². The number of hydrogen-bond donors (Lipinski definition) is 1. The first-order chi connectivity index (χ1) is 7.03. The minimum Gasteiger partial charge on any atom is -0.493 e. The fourth-order valence-electron chi connectivity index (χ4n) is 1.20. The number of hydrogen-bond acceptors (Lipinski definition) is 3. The summed E-state index contributed by atoms with van der Waals surface area (Å²) in [5.74, 6) is 0.921. The highest BCUT2D eigenvalue weighted by atomic mass is 16.5. The molecule has 3 nitrogen and oxygen atoms in total. The Kier molecular flexibility index (Phi) is 4.09. The maximum Gasteiger partial charge on any atom is 0.126 e. The van der Waals surface area contributed by atoms with Gasteiger partial charge in [0.1, 0.15) is 5.75 Å². The second-order valence-corrected chi connectivity index (χ2v) is 4.52. The van der Waals surface area contributed by atoms with Crippen LogP contribution in [0.25, 0.3) is 0 Å². The Morgan fingerprint density at radius 3 is 2.73 bits per heavy atom. The van der Waals surface area contributed by atoms with Crippen LogP contribution in [0.1, 0.15) is 33.3 Å². The molecule has 0 aliphatic rings. The van der Waals surface area contributed by atoms with Gasteiger partial charge in [0.2, 0.25) is 0 Å². The molecule has 0 radical (unpaired) electrons. The lowest BCUT2D eigenvalue weighted by atomic mass is 10.1. The minimum absolute atomic E-state index is 0.110. The summed E-state index contributed by atoms with van der Waals surface area (Å²) < 4.78 is 5.52. The normalized spacial score (nSPS) is 11.5. The van der Waals surface area contributed by atoms with Gasteiger partial charge in [0.25, 0.3) is 0 Å². The molecule has 1 N–H and O–H groups in total. The van der Waals surface area contributed by atoms with Gasteiger partial charge in [0.15, 0.2) is 0 Å². The average Bonchev–Trinajstić information content (AvgIpc) is 2.16. The summed E-state index contributed by atoms with van der Waals surface area (Å²) in [7, 11) is 0. The Bertz CT molecular complexity index is 305. The van der Waals surface area contributed by atoms with E-state index in [-0.39, 0.29) is 5.54 Å². The van der Waals surface area contributed by atoms with E-state index >= 15 is 0 Å².